The minimum Gasteiger partial charge on any atom is -0.427 e. The molecule has 98 valence electrons. The molecule has 0 aliphatic carbocycles. The van der Waals surface area contributed by atoms with E-state index < -0.39 is 0 Å². The smallest absolute Gasteiger partial charge is 0.308 e. The zero-order chi connectivity index (χ0) is 13.9. The van der Waals surface area contributed by atoms with Crippen molar-refractivity contribution >= 4 is 16.7 Å². The lowest BCUT2D eigenvalue weighted by Crippen LogP contribution is -2.01. The van der Waals surface area contributed by atoms with Crippen LogP contribution in [0.1, 0.15) is 6.92 Å². The van der Waals surface area contributed by atoms with Crippen LogP contribution < -0.4 is 4.74 Å². The summed E-state index contributed by atoms with van der Waals surface area (Å²) in [7, 11) is 0. The molecule has 3 aromatic rings. The Bertz CT molecular complexity index is 761. The zero-order valence-electron chi connectivity index (χ0n) is 11.2. The third-order valence-corrected chi connectivity index (χ3v) is 3.18. The Morgan fingerprint density at radius 2 is 1.60 bits per heavy atom. The van der Waals surface area contributed by atoms with Gasteiger partial charge in [-0.25, -0.2) is 0 Å². The van der Waals surface area contributed by atoms with Gasteiger partial charge in [0.25, 0.3) is 0 Å². The quantitative estimate of drug-likeness (QED) is 0.504. The van der Waals surface area contributed by atoms with Gasteiger partial charge in [0.2, 0.25) is 0 Å². The van der Waals surface area contributed by atoms with Gasteiger partial charge >= 0.3 is 5.97 Å². The molecule has 0 aromatic heterocycles. The second kappa shape index (κ2) is 5.17. The fourth-order valence-electron chi connectivity index (χ4n) is 2.36. The topological polar surface area (TPSA) is 26.3 Å². The van der Waals surface area contributed by atoms with Crippen molar-refractivity contribution in [2.24, 2.45) is 0 Å². The van der Waals surface area contributed by atoms with E-state index in [0.29, 0.717) is 5.75 Å². The van der Waals surface area contributed by atoms with E-state index in [1.54, 1.807) is 0 Å². The Kier molecular flexibility index (Phi) is 3.21. The summed E-state index contributed by atoms with van der Waals surface area (Å²) in [5, 5.41) is 2.21. The number of esters is 1. The predicted octanol–water partition coefficient (Wildman–Crippen LogP) is 4.43. The van der Waals surface area contributed by atoms with Crippen LogP contribution in [0.2, 0.25) is 0 Å². The van der Waals surface area contributed by atoms with E-state index in [0.717, 1.165) is 21.9 Å². The van der Waals surface area contributed by atoms with Crippen molar-refractivity contribution in [3.05, 3.63) is 66.7 Å². The van der Waals surface area contributed by atoms with Gasteiger partial charge in [0.05, 0.1) is 0 Å². The Morgan fingerprint density at radius 1 is 0.900 bits per heavy atom. The minimum atomic E-state index is -0.306. The van der Waals surface area contributed by atoms with Crippen molar-refractivity contribution in [2.45, 2.75) is 6.92 Å². The molecule has 0 saturated carbocycles. The highest BCUT2D eigenvalue weighted by atomic mass is 16.5. The van der Waals surface area contributed by atoms with Crippen LogP contribution in [0.15, 0.2) is 66.7 Å². The first-order valence-corrected chi connectivity index (χ1v) is 6.51. The summed E-state index contributed by atoms with van der Waals surface area (Å²) in [6.45, 7) is 1.41. The predicted molar refractivity (Wildman–Crippen MR) is 80.7 cm³/mol. The van der Waals surface area contributed by atoms with E-state index in [-0.39, 0.29) is 5.97 Å². The molecule has 0 aliphatic rings. The Labute approximate surface area is 117 Å². The molecule has 0 N–H and O–H groups in total. The van der Waals surface area contributed by atoms with E-state index in [1.807, 2.05) is 48.5 Å². The SMILES string of the molecule is CC(=O)Oc1cc(-c2ccccc2)c2ccccc2c1. The first-order valence-electron chi connectivity index (χ1n) is 6.51. The maximum atomic E-state index is 11.2. The molecule has 0 fully saturated rings. The molecule has 0 radical (unpaired) electrons. The number of fused-ring (bicyclic) bond motifs is 1. The van der Waals surface area contributed by atoms with Crippen LogP contribution >= 0.6 is 0 Å². The summed E-state index contributed by atoms with van der Waals surface area (Å²) in [6, 6.07) is 22.0. The van der Waals surface area contributed by atoms with Crippen molar-refractivity contribution in [2.75, 3.05) is 0 Å². The van der Waals surface area contributed by atoms with E-state index >= 15 is 0 Å². The van der Waals surface area contributed by atoms with Gasteiger partial charge in [-0.15, -0.1) is 0 Å². The summed E-state index contributed by atoms with van der Waals surface area (Å²) in [6.07, 6.45) is 0. The van der Waals surface area contributed by atoms with Gasteiger partial charge < -0.3 is 4.74 Å². The highest BCUT2D eigenvalue weighted by Crippen LogP contribution is 2.32. The van der Waals surface area contributed by atoms with Crippen LogP contribution in [-0.4, -0.2) is 5.97 Å². The molecule has 0 aliphatic heterocycles. The van der Waals surface area contributed by atoms with Gasteiger partial charge in [0.1, 0.15) is 5.75 Å². The zero-order valence-corrected chi connectivity index (χ0v) is 11.2. The van der Waals surface area contributed by atoms with Crippen molar-refractivity contribution < 1.29 is 9.53 Å². The molecule has 0 atom stereocenters. The summed E-state index contributed by atoms with van der Waals surface area (Å²) in [5.41, 5.74) is 2.18. The first kappa shape index (κ1) is 12.4. The van der Waals surface area contributed by atoms with Gasteiger partial charge in [-0.05, 0) is 34.0 Å². The lowest BCUT2D eigenvalue weighted by molar-refractivity contribution is -0.131. The Hall–Kier alpha value is -2.61. The molecule has 0 unspecified atom stereocenters. The average molecular weight is 262 g/mol. The maximum absolute atomic E-state index is 11.2. The monoisotopic (exact) mass is 262 g/mol. The molecular formula is C18H14O2. The van der Waals surface area contributed by atoms with E-state index in [4.69, 9.17) is 4.74 Å². The fourth-order valence-corrected chi connectivity index (χ4v) is 2.36. The highest BCUT2D eigenvalue weighted by Gasteiger charge is 2.08. The summed E-state index contributed by atoms with van der Waals surface area (Å²) in [5.74, 6) is 0.273. The van der Waals surface area contributed by atoms with Gasteiger partial charge in [-0.2, -0.15) is 0 Å². The first-order chi connectivity index (χ1) is 9.74. The fraction of sp³-hybridized carbons (Fsp3) is 0.0556. The number of hydrogen-bond acceptors (Lipinski definition) is 2. The molecule has 3 rings (SSSR count). The lowest BCUT2D eigenvalue weighted by atomic mass is 9.98. The van der Waals surface area contributed by atoms with Crippen LogP contribution in [0.3, 0.4) is 0 Å². The normalized spacial score (nSPS) is 10.4. The van der Waals surface area contributed by atoms with Crippen LogP contribution in [-0.2, 0) is 4.79 Å². The summed E-state index contributed by atoms with van der Waals surface area (Å²) >= 11 is 0. The number of benzene rings is 3. The second-order valence-electron chi connectivity index (χ2n) is 4.65. The molecule has 3 aromatic carbocycles. The standard InChI is InChI=1S/C18H14O2/c1-13(19)20-16-11-15-9-5-6-10-17(15)18(12-16)14-7-3-2-4-8-14/h2-12H,1H3. The molecule has 0 amide bonds. The van der Waals surface area contributed by atoms with Crippen molar-refractivity contribution in [3.63, 3.8) is 0 Å². The maximum Gasteiger partial charge on any atom is 0.308 e. The molecule has 0 saturated heterocycles. The molecule has 2 heteroatoms. The molecule has 0 bridgehead atoms. The van der Waals surface area contributed by atoms with Crippen molar-refractivity contribution in [3.8, 4) is 16.9 Å². The Balaban J connectivity index is 2.25. The van der Waals surface area contributed by atoms with Crippen LogP contribution in [0, 0.1) is 0 Å². The molecule has 0 heterocycles. The Morgan fingerprint density at radius 3 is 2.35 bits per heavy atom. The largest absolute Gasteiger partial charge is 0.427 e. The lowest BCUT2D eigenvalue weighted by Gasteiger charge is -2.10. The molecule has 20 heavy (non-hydrogen) atoms. The third-order valence-electron chi connectivity index (χ3n) is 3.18. The molecule has 0 spiro atoms. The van der Waals surface area contributed by atoms with Crippen LogP contribution in [0.25, 0.3) is 21.9 Å². The molecule has 2 nitrogen and oxygen atoms in total. The van der Waals surface area contributed by atoms with E-state index in [9.17, 15) is 4.79 Å². The number of rotatable bonds is 2. The third kappa shape index (κ3) is 2.41. The van der Waals surface area contributed by atoms with Crippen molar-refractivity contribution in [1.29, 1.82) is 0 Å². The number of carbonyl (C=O) groups excluding carboxylic acids is 1. The molecular weight excluding hydrogens is 248 g/mol. The van der Waals surface area contributed by atoms with Gasteiger partial charge in [0.15, 0.2) is 0 Å². The minimum absolute atomic E-state index is 0.306. The van der Waals surface area contributed by atoms with Gasteiger partial charge in [-0.1, -0.05) is 54.6 Å². The van der Waals surface area contributed by atoms with Crippen LogP contribution in [0.5, 0.6) is 5.75 Å². The number of carbonyl (C=O) groups is 1. The van der Waals surface area contributed by atoms with E-state index in [2.05, 4.69) is 18.2 Å². The highest BCUT2D eigenvalue weighted by molar-refractivity contribution is 5.98. The van der Waals surface area contributed by atoms with E-state index in [1.165, 1.54) is 6.92 Å². The summed E-state index contributed by atoms with van der Waals surface area (Å²) in [4.78, 5) is 11.2. The van der Waals surface area contributed by atoms with Crippen molar-refractivity contribution in [1.82, 2.24) is 0 Å². The summed E-state index contributed by atoms with van der Waals surface area (Å²) < 4.78 is 5.25. The second-order valence-corrected chi connectivity index (χ2v) is 4.65. The van der Waals surface area contributed by atoms with Gasteiger partial charge in [0, 0.05) is 6.92 Å². The average Bonchev–Trinajstić information content (AvgIpc) is 2.47. The number of ether oxygens (including phenoxy) is 1. The number of hydrogen-bond donors (Lipinski definition) is 0. The van der Waals surface area contributed by atoms with Crippen LogP contribution in [0.4, 0.5) is 0 Å². The van der Waals surface area contributed by atoms with Gasteiger partial charge in [-0.3, -0.25) is 4.79 Å².